The summed E-state index contributed by atoms with van der Waals surface area (Å²) in [5, 5.41) is 4.04. The third-order valence-corrected chi connectivity index (χ3v) is 4.02. The van der Waals surface area contributed by atoms with Gasteiger partial charge in [0.15, 0.2) is 11.6 Å². The van der Waals surface area contributed by atoms with Gasteiger partial charge in [0.2, 0.25) is 0 Å². The van der Waals surface area contributed by atoms with Crippen molar-refractivity contribution in [2.75, 3.05) is 33.4 Å². The fourth-order valence-corrected chi connectivity index (χ4v) is 2.69. The van der Waals surface area contributed by atoms with E-state index in [1.807, 2.05) is 0 Å². The average Bonchev–Trinajstić information content (AvgIpc) is 3.30. The van der Waals surface area contributed by atoms with Crippen LogP contribution in [0.2, 0.25) is 0 Å². The van der Waals surface area contributed by atoms with Crippen molar-refractivity contribution < 1.29 is 23.2 Å². The minimum absolute atomic E-state index is 0.0706. The molecule has 8 nitrogen and oxygen atoms in total. The van der Waals surface area contributed by atoms with Crippen molar-refractivity contribution in [1.82, 2.24) is 15.0 Å². The van der Waals surface area contributed by atoms with Crippen molar-refractivity contribution in [2.45, 2.75) is 25.4 Å². The Kier molecular flexibility index (Phi) is 5.60. The van der Waals surface area contributed by atoms with E-state index < -0.39 is 0 Å². The summed E-state index contributed by atoms with van der Waals surface area (Å²) in [7, 11) is 1.62. The van der Waals surface area contributed by atoms with E-state index in [2.05, 4.69) is 10.1 Å². The molecule has 1 amide bonds. The van der Waals surface area contributed by atoms with Crippen LogP contribution in [-0.4, -0.2) is 54.4 Å². The number of rotatable bonds is 7. The lowest BCUT2D eigenvalue weighted by molar-refractivity contribution is 0.0494. The molecule has 0 N–H and O–H groups in total. The predicted octanol–water partition coefficient (Wildman–Crippen LogP) is 1.85. The lowest BCUT2D eigenvalue weighted by Gasteiger charge is -2.29. The lowest BCUT2D eigenvalue weighted by atomic mass is 9.96. The molecule has 0 saturated carbocycles. The van der Waals surface area contributed by atoms with Crippen LogP contribution in [0.15, 0.2) is 27.3 Å². The number of ether oxygens (including phenoxy) is 2. The molecular formula is C16H21N3O5. The monoisotopic (exact) mass is 335 g/mol. The number of hydrogen-bond donors (Lipinski definition) is 0. The second kappa shape index (κ2) is 8.07. The van der Waals surface area contributed by atoms with Crippen LogP contribution in [-0.2, 0) is 16.1 Å². The molecule has 1 fully saturated rings. The number of nitrogens with zero attached hydrogens (tertiary/aromatic N) is 3. The standard InChI is InChI=1S/C16H21N3O5/c1-21-9-10-22-11-14-17-15(18-24-14)12-4-6-19(7-5-12)16(20)13-3-2-8-23-13/h2-3,8,12H,4-7,9-11H2,1H3. The minimum Gasteiger partial charge on any atom is -0.459 e. The van der Waals surface area contributed by atoms with Crippen LogP contribution >= 0.6 is 0 Å². The summed E-state index contributed by atoms with van der Waals surface area (Å²) in [5.74, 6) is 1.66. The summed E-state index contributed by atoms with van der Waals surface area (Å²) < 4.78 is 20.6. The molecule has 3 rings (SSSR count). The smallest absolute Gasteiger partial charge is 0.289 e. The first-order chi connectivity index (χ1) is 11.8. The Morgan fingerprint density at radius 3 is 2.92 bits per heavy atom. The molecule has 0 aromatic carbocycles. The number of carbonyl (C=O) groups excluding carboxylic acids is 1. The number of carbonyl (C=O) groups is 1. The first-order valence-electron chi connectivity index (χ1n) is 8.00. The van der Waals surface area contributed by atoms with E-state index in [0.29, 0.717) is 43.8 Å². The van der Waals surface area contributed by atoms with E-state index in [-0.39, 0.29) is 18.4 Å². The molecule has 1 aliphatic rings. The zero-order valence-electron chi connectivity index (χ0n) is 13.6. The second-order valence-electron chi connectivity index (χ2n) is 5.64. The molecule has 8 heteroatoms. The first kappa shape index (κ1) is 16.7. The summed E-state index contributed by atoms with van der Waals surface area (Å²) in [5.41, 5.74) is 0. The Bertz CT molecular complexity index is 632. The third-order valence-electron chi connectivity index (χ3n) is 4.02. The van der Waals surface area contributed by atoms with Crippen molar-refractivity contribution >= 4 is 5.91 Å². The molecular weight excluding hydrogens is 314 g/mol. The van der Waals surface area contributed by atoms with Gasteiger partial charge in [0.05, 0.1) is 19.5 Å². The van der Waals surface area contributed by atoms with Crippen LogP contribution in [0.1, 0.15) is 41.0 Å². The van der Waals surface area contributed by atoms with Crippen molar-refractivity contribution in [3.63, 3.8) is 0 Å². The Hall–Kier alpha value is -2.19. The molecule has 130 valence electrons. The normalized spacial score (nSPS) is 15.8. The SMILES string of the molecule is COCCOCc1nc(C2CCN(C(=O)c3ccco3)CC2)no1. The van der Waals surface area contributed by atoms with Crippen LogP contribution in [0.3, 0.4) is 0 Å². The molecule has 0 aliphatic carbocycles. The zero-order chi connectivity index (χ0) is 16.8. The van der Waals surface area contributed by atoms with Gasteiger partial charge >= 0.3 is 0 Å². The molecule has 24 heavy (non-hydrogen) atoms. The number of furan rings is 1. The van der Waals surface area contributed by atoms with E-state index in [0.717, 1.165) is 12.8 Å². The maximum Gasteiger partial charge on any atom is 0.289 e. The van der Waals surface area contributed by atoms with Crippen LogP contribution in [0.4, 0.5) is 0 Å². The number of methoxy groups -OCH3 is 1. The van der Waals surface area contributed by atoms with Crippen LogP contribution in [0, 0.1) is 0 Å². The molecule has 2 aromatic heterocycles. The third kappa shape index (κ3) is 4.01. The maximum atomic E-state index is 12.2. The number of likely N-dealkylation sites (tertiary alicyclic amines) is 1. The molecule has 0 radical (unpaired) electrons. The van der Waals surface area contributed by atoms with E-state index >= 15 is 0 Å². The largest absolute Gasteiger partial charge is 0.459 e. The Morgan fingerprint density at radius 1 is 1.38 bits per heavy atom. The summed E-state index contributed by atoms with van der Waals surface area (Å²) >= 11 is 0. The first-order valence-corrected chi connectivity index (χ1v) is 8.00. The molecule has 2 aromatic rings. The molecule has 0 spiro atoms. The Balaban J connectivity index is 1.48. The fraction of sp³-hybridized carbons (Fsp3) is 0.562. The fourth-order valence-electron chi connectivity index (χ4n) is 2.69. The number of hydrogen-bond acceptors (Lipinski definition) is 7. The van der Waals surface area contributed by atoms with Gasteiger partial charge in [-0.25, -0.2) is 0 Å². The molecule has 1 aliphatic heterocycles. The summed E-state index contributed by atoms with van der Waals surface area (Å²) in [6, 6.07) is 3.40. The average molecular weight is 335 g/mol. The summed E-state index contributed by atoms with van der Waals surface area (Å²) in [6.07, 6.45) is 3.11. The second-order valence-corrected chi connectivity index (χ2v) is 5.64. The highest BCUT2D eigenvalue weighted by Gasteiger charge is 2.28. The van der Waals surface area contributed by atoms with E-state index in [1.54, 1.807) is 24.1 Å². The van der Waals surface area contributed by atoms with E-state index in [9.17, 15) is 4.79 Å². The van der Waals surface area contributed by atoms with E-state index in [4.69, 9.17) is 18.4 Å². The van der Waals surface area contributed by atoms with Crippen LogP contribution in [0.5, 0.6) is 0 Å². The van der Waals surface area contributed by atoms with Crippen molar-refractivity contribution in [2.24, 2.45) is 0 Å². The zero-order valence-corrected chi connectivity index (χ0v) is 13.6. The molecule has 1 saturated heterocycles. The van der Waals surface area contributed by atoms with Gasteiger partial charge in [0.1, 0.15) is 6.61 Å². The molecule has 3 heterocycles. The Labute approximate surface area is 139 Å². The Morgan fingerprint density at radius 2 is 2.21 bits per heavy atom. The minimum atomic E-state index is -0.0706. The van der Waals surface area contributed by atoms with Gasteiger partial charge in [0.25, 0.3) is 11.8 Å². The summed E-state index contributed by atoms with van der Waals surface area (Å²) in [6.45, 7) is 2.60. The van der Waals surface area contributed by atoms with Crippen molar-refractivity contribution in [3.05, 3.63) is 35.9 Å². The number of piperidine rings is 1. The topological polar surface area (TPSA) is 90.8 Å². The van der Waals surface area contributed by atoms with E-state index in [1.165, 1.54) is 6.26 Å². The highest BCUT2D eigenvalue weighted by atomic mass is 16.5. The predicted molar refractivity (Wildman–Crippen MR) is 82.4 cm³/mol. The molecule has 0 unspecified atom stereocenters. The highest BCUT2D eigenvalue weighted by Crippen LogP contribution is 2.26. The molecule has 0 bridgehead atoms. The van der Waals surface area contributed by atoms with Gasteiger partial charge in [0, 0.05) is 26.1 Å². The highest BCUT2D eigenvalue weighted by molar-refractivity contribution is 5.91. The van der Waals surface area contributed by atoms with Gasteiger partial charge in [-0.15, -0.1) is 0 Å². The van der Waals surface area contributed by atoms with Gasteiger partial charge < -0.3 is 23.3 Å². The quantitative estimate of drug-likeness (QED) is 0.713. The molecule has 0 atom stereocenters. The number of aromatic nitrogens is 2. The van der Waals surface area contributed by atoms with Gasteiger partial charge in [-0.2, -0.15) is 4.98 Å². The summed E-state index contributed by atoms with van der Waals surface area (Å²) in [4.78, 5) is 18.4. The van der Waals surface area contributed by atoms with Crippen molar-refractivity contribution in [1.29, 1.82) is 0 Å². The van der Waals surface area contributed by atoms with Crippen LogP contribution < -0.4 is 0 Å². The van der Waals surface area contributed by atoms with Gasteiger partial charge in [-0.3, -0.25) is 4.79 Å². The number of amides is 1. The van der Waals surface area contributed by atoms with Gasteiger partial charge in [-0.05, 0) is 25.0 Å². The van der Waals surface area contributed by atoms with Crippen molar-refractivity contribution in [3.8, 4) is 0 Å². The lowest BCUT2D eigenvalue weighted by Crippen LogP contribution is -2.37. The van der Waals surface area contributed by atoms with Crippen LogP contribution in [0.25, 0.3) is 0 Å². The van der Waals surface area contributed by atoms with Gasteiger partial charge in [-0.1, -0.05) is 5.16 Å². The maximum absolute atomic E-state index is 12.2.